The van der Waals surface area contributed by atoms with Crippen molar-refractivity contribution in [2.75, 3.05) is 6.61 Å². The summed E-state index contributed by atoms with van der Waals surface area (Å²) in [5.74, 6) is 17.5. The highest BCUT2D eigenvalue weighted by molar-refractivity contribution is 5.36. The molecular weight excluding hydrogens is 420 g/mol. The molecule has 0 aromatic heterocycles. The molecule has 0 unspecified atom stereocenters. The van der Waals surface area contributed by atoms with Crippen molar-refractivity contribution in [2.24, 2.45) is 0 Å². The molecule has 0 rings (SSSR count). The Kier molecular flexibility index (Phi) is 25.0. The maximum atomic E-state index is 9.78. The fraction of sp³-hybridized carbons (Fsp3) is 0.613. The highest BCUT2D eigenvalue weighted by Gasteiger charge is 1.98. The monoisotopic (exact) mass is 464 g/mol. The van der Waals surface area contributed by atoms with Crippen LogP contribution >= 0.6 is 0 Å². The molecule has 0 aromatic carbocycles. The lowest BCUT2D eigenvalue weighted by molar-refractivity contribution is 0.217. The minimum absolute atomic E-state index is 0.204. The number of aliphatic hydroxyl groups excluding tert-OH is 3. The Hall–Kier alpha value is -2.40. The van der Waals surface area contributed by atoms with Gasteiger partial charge in [-0.2, -0.15) is 0 Å². The molecule has 0 aliphatic heterocycles. The summed E-state index contributed by atoms with van der Waals surface area (Å²) in [4.78, 5) is 0. The predicted molar refractivity (Wildman–Crippen MR) is 143 cm³/mol. The zero-order valence-electron chi connectivity index (χ0n) is 20.9. The molecule has 0 aliphatic rings. The summed E-state index contributed by atoms with van der Waals surface area (Å²) in [6.45, 7) is -0.204. The van der Waals surface area contributed by atoms with Crippen LogP contribution in [-0.2, 0) is 0 Å². The second-order valence-corrected chi connectivity index (χ2v) is 8.40. The number of hydrogen-bond donors (Lipinski definition) is 3. The van der Waals surface area contributed by atoms with Gasteiger partial charge in [0.15, 0.2) is 0 Å². The van der Waals surface area contributed by atoms with E-state index in [4.69, 9.17) is 11.5 Å². The van der Waals surface area contributed by atoms with Gasteiger partial charge in [-0.05, 0) is 81.1 Å². The Balaban J connectivity index is 3.37. The fourth-order valence-electron chi connectivity index (χ4n) is 3.39. The normalized spacial score (nSPS) is 12.2. The van der Waals surface area contributed by atoms with Gasteiger partial charge in [-0.1, -0.05) is 87.4 Å². The number of hydrogen-bond acceptors (Lipinski definition) is 3. The van der Waals surface area contributed by atoms with Crippen LogP contribution in [0.1, 0.15) is 103 Å². The van der Waals surface area contributed by atoms with E-state index in [1.54, 1.807) is 6.08 Å². The number of aliphatic hydroxyl groups is 3. The highest BCUT2D eigenvalue weighted by Crippen LogP contribution is 2.12. The molecule has 0 bridgehead atoms. The Morgan fingerprint density at radius 1 is 0.618 bits per heavy atom. The Morgan fingerprint density at radius 2 is 1.12 bits per heavy atom. The van der Waals surface area contributed by atoms with E-state index >= 15 is 0 Å². The molecule has 0 saturated carbocycles. The first-order valence-corrected chi connectivity index (χ1v) is 12.9. The van der Waals surface area contributed by atoms with Crippen LogP contribution in [0.3, 0.4) is 0 Å². The molecule has 186 valence electrons. The maximum Gasteiger partial charge on any atom is 0.133 e. The van der Waals surface area contributed by atoms with Gasteiger partial charge in [0.2, 0.25) is 0 Å². The lowest BCUT2D eigenvalue weighted by Crippen LogP contribution is -2.01. The smallest absolute Gasteiger partial charge is 0.133 e. The van der Waals surface area contributed by atoms with Crippen molar-refractivity contribution in [3.8, 4) is 47.9 Å². The van der Waals surface area contributed by atoms with Crippen LogP contribution in [-0.4, -0.2) is 34.1 Å². The first-order chi connectivity index (χ1) is 16.7. The summed E-state index contributed by atoms with van der Waals surface area (Å²) in [5, 5.41) is 27.5. The van der Waals surface area contributed by atoms with E-state index in [1.165, 1.54) is 70.6 Å². The molecule has 3 N–H and O–H groups in total. The molecule has 0 aliphatic carbocycles. The van der Waals surface area contributed by atoms with Gasteiger partial charge >= 0.3 is 0 Å². The second-order valence-electron chi connectivity index (χ2n) is 8.40. The average molecular weight is 465 g/mol. The van der Waals surface area contributed by atoms with Crippen LogP contribution in [0.15, 0.2) is 24.3 Å². The summed E-state index contributed by atoms with van der Waals surface area (Å²) in [6.07, 6.45) is 30.9. The zero-order chi connectivity index (χ0) is 25.0. The standard InChI is InChI=1S/C31H44O3/c1-2-30(33)26-22-18-15-13-11-9-7-5-3-4-6-8-10-12-14-16-19-23-27-31(34)28-24-20-17-21-25-29-32/h1,8,10,22,26,30-34H,3-7,9,11-16,18-19,23,27,29H2/b10-8+,26-22+/t30-,31-/m0/s1. The van der Waals surface area contributed by atoms with Crippen molar-refractivity contribution in [1.82, 2.24) is 0 Å². The van der Waals surface area contributed by atoms with Gasteiger partial charge in [0.1, 0.15) is 18.8 Å². The first kappa shape index (κ1) is 31.6. The molecule has 0 radical (unpaired) electrons. The molecule has 0 aromatic rings. The van der Waals surface area contributed by atoms with E-state index in [1.807, 2.05) is 6.08 Å². The number of unbranched alkanes of at least 4 members (excludes halogenated alkanes) is 13. The quantitative estimate of drug-likeness (QED) is 0.131. The van der Waals surface area contributed by atoms with Crippen molar-refractivity contribution in [3.63, 3.8) is 0 Å². The lowest BCUT2D eigenvalue weighted by atomic mass is 10.1. The Bertz CT molecular complexity index is 752. The minimum Gasteiger partial charge on any atom is -0.384 e. The third kappa shape index (κ3) is 25.9. The molecule has 0 spiro atoms. The lowest BCUT2D eigenvalue weighted by Gasteiger charge is -2.02. The van der Waals surface area contributed by atoms with Crippen LogP contribution in [0.4, 0.5) is 0 Å². The van der Waals surface area contributed by atoms with Gasteiger partial charge in [-0.15, -0.1) is 6.42 Å². The number of allylic oxidation sites excluding steroid dienone is 3. The topological polar surface area (TPSA) is 60.7 Å². The second kappa shape index (κ2) is 26.8. The maximum absolute atomic E-state index is 9.78. The van der Waals surface area contributed by atoms with Gasteiger partial charge < -0.3 is 15.3 Å². The van der Waals surface area contributed by atoms with Gasteiger partial charge in [0, 0.05) is 0 Å². The largest absolute Gasteiger partial charge is 0.384 e. The van der Waals surface area contributed by atoms with E-state index in [2.05, 4.69) is 53.6 Å². The number of rotatable bonds is 19. The van der Waals surface area contributed by atoms with E-state index in [9.17, 15) is 10.2 Å². The Morgan fingerprint density at radius 3 is 1.68 bits per heavy atom. The molecule has 3 nitrogen and oxygen atoms in total. The molecule has 34 heavy (non-hydrogen) atoms. The van der Waals surface area contributed by atoms with E-state index in [-0.39, 0.29) is 6.61 Å². The molecular formula is C31H44O3. The van der Waals surface area contributed by atoms with Gasteiger partial charge in [0.25, 0.3) is 0 Å². The van der Waals surface area contributed by atoms with Gasteiger partial charge in [0.05, 0.1) is 0 Å². The minimum atomic E-state index is -0.731. The SMILES string of the molecule is C#C[C@H](O)/C=C/CCCCCCCCCC/C=C/CCCCCC[C@H](O)C#CC#CC#CCO. The van der Waals surface area contributed by atoms with Crippen molar-refractivity contribution in [1.29, 1.82) is 0 Å². The van der Waals surface area contributed by atoms with Crippen LogP contribution in [0.25, 0.3) is 0 Å². The average Bonchev–Trinajstić information content (AvgIpc) is 2.84. The molecule has 0 amide bonds. The van der Waals surface area contributed by atoms with Crippen LogP contribution < -0.4 is 0 Å². The summed E-state index contributed by atoms with van der Waals surface area (Å²) in [6, 6.07) is 0. The zero-order valence-corrected chi connectivity index (χ0v) is 20.9. The van der Waals surface area contributed by atoms with Crippen LogP contribution in [0, 0.1) is 47.9 Å². The van der Waals surface area contributed by atoms with Crippen molar-refractivity contribution in [2.45, 2.75) is 115 Å². The van der Waals surface area contributed by atoms with Crippen molar-refractivity contribution < 1.29 is 15.3 Å². The van der Waals surface area contributed by atoms with Gasteiger partial charge in [-0.3, -0.25) is 0 Å². The molecule has 0 saturated heterocycles. The molecule has 2 atom stereocenters. The third-order valence-corrected chi connectivity index (χ3v) is 5.34. The summed E-state index contributed by atoms with van der Waals surface area (Å²) in [5.41, 5.74) is 0. The molecule has 0 fully saturated rings. The van der Waals surface area contributed by atoms with Crippen molar-refractivity contribution >= 4 is 0 Å². The van der Waals surface area contributed by atoms with E-state index < -0.39 is 12.2 Å². The van der Waals surface area contributed by atoms with E-state index in [0.717, 1.165) is 25.7 Å². The summed E-state index contributed by atoms with van der Waals surface area (Å²) in [7, 11) is 0. The van der Waals surface area contributed by atoms with Crippen molar-refractivity contribution in [3.05, 3.63) is 24.3 Å². The van der Waals surface area contributed by atoms with Gasteiger partial charge in [-0.25, -0.2) is 0 Å². The molecule has 3 heteroatoms. The summed E-state index contributed by atoms with van der Waals surface area (Å²) < 4.78 is 0. The highest BCUT2D eigenvalue weighted by atomic mass is 16.3. The van der Waals surface area contributed by atoms with Crippen LogP contribution in [0.2, 0.25) is 0 Å². The fourth-order valence-corrected chi connectivity index (χ4v) is 3.39. The first-order valence-electron chi connectivity index (χ1n) is 12.9. The predicted octanol–water partition coefficient (Wildman–Crippen LogP) is 5.70. The Labute approximate surface area is 209 Å². The molecule has 0 heterocycles. The van der Waals surface area contributed by atoms with E-state index in [0.29, 0.717) is 6.42 Å². The van der Waals surface area contributed by atoms with Crippen LogP contribution in [0.5, 0.6) is 0 Å². The number of terminal acetylenes is 1. The third-order valence-electron chi connectivity index (χ3n) is 5.34. The summed E-state index contributed by atoms with van der Waals surface area (Å²) >= 11 is 0.